The van der Waals surface area contributed by atoms with Crippen molar-refractivity contribution in [2.45, 2.75) is 38.8 Å². The summed E-state index contributed by atoms with van der Waals surface area (Å²) in [6.45, 7) is 3.40. The lowest BCUT2D eigenvalue weighted by Crippen LogP contribution is -2.28. The van der Waals surface area contributed by atoms with E-state index in [4.69, 9.17) is 0 Å². The number of nitrogens with zero attached hydrogens (tertiary/aromatic N) is 1. The van der Waals surface area contributed by atoms with Crippen molar-refractivity contribution in [3.05, 3.63) is 101 Å². The second-order valence-corrected chi connectivity index (χ2v) is 10.6. The molecule has 1 heterocycles. The first-order valence-electron chi connectivity index (χ1n) is 13.9. The number of amides is 1. The SMILES string of the molecule is COC(=O)c1c(F)cccc1-c1ccc(CNC(=O)C2CC2/C=C\c2ccc(CN3CCCCC3)cc2)c(F)c1. The average molecular weight is 545 g/mol. The molecule has 3 aromatic rings. The van der Waals surface area contributed by atoms with Gasteiger partial charge in [0.05, 0.1) is 7.11 Å². The van der Waals surface area contributed by atoms with E-state index in [2.05, 4.69) is 51.4 Å². The molecule has 2 fully saturated rings. The summed E-state index contributed by atoms with van der Waals surface area (Å²) >= 11 is 0. The third-order valence-electron chi connectivity index (χ3n) is 7.77. The highest BCUT2D eigenvalue weighted by Crippen LogP contribution is 2.40. The molecule has 1 N–H and O–H groups in total. The molecule has 208 valence electrons. The molecular formula is C33H34F2N2O3. The van der Waals surface area contributed by atoms with Crippen molar-refractivity contribution >= 4 is 18.0 Å². The van der Waals surface area contributed by atoms with Crippen LogP contribution in [-0.2, 0) is 22.6 Å². The van der Waals surface area contributed by atoms with Gasteiger partial charge in [-0.2, -0.15) is 0 Å². The molecule has 40 heavy (non-hydrogen) atoms. The molecule has 3 aromatic carbocycles. The lowest BCUT2D eigenvalue weighted by atomic mass is 9.98. The zero-order chi connectivity index (χ0) is 28.1. The summed E-state index contributed by atoms with van der Waals surface area (Å²) in [6, 6.07) is 17.1. The van der Waals surface area contributed by atoms with Crippen LogP contribution in [0.4, 0.5) is 8.78 Å². The minimum Gasteiger partial charge on any atom is -0.465 e. The molecule has 1 saturated heterocycles. The Bertz CT molecular complexity index is 1400. The van der Waals surface area contributed by atoms with Crippen molar-refractivity contribution in [2.75, 3.05) is 20.2 Å². The zero-order valence-corrected chi connectivity index (χ0v) is 22.7. The van der Waals surface area contributed by atoms with E-state index in [-0.39, 0.29) is 35.4 Å². The van der Waals surface area contributed by atoms with Gasteiger partial charge in [-0.05, 0) is 72.7 Å². The summed E-state index contributed by atoms with van der Waals surface area (Å²) in [5.74, 6) is -2.17. The molecule has 7 heteroatoms. The maximum absolute atomic E-state index is 14.9. The highest BCUT2D eigenvalue weighted by atomic mass is 19.1. The summed E-state index contributed by atoms with van der Waals surface area (Å²) in [7, 11) is 1.17. The van der Waals surface area contributed by atoms with E-state index in [0.717, 1.165) is 24.6 Å². The van der Waals surface area contributed by atoms with E-state index in [1.54, 1.807) is 6.07 Å². The molecule has 2 aliphatic rings. The number of carbonyl (C=O) groups excluding carboxylic acids is 2. The van der Waals surface area contributed by atoms with E-state index in [1.807, 2.05) is 0 Å². The molecule has 2 atom stereocenters. The number of carbonyl (C=O) groups is 2. The van der Waals surface area contributed by atoms with Gasteiger partial charge in [-0.3, -0.25) is 9.69 Å². The van der Waals surface area contributed by atoms with Crippen molar-refractivity contribution in [3.63, 3.8) is 0 Å². The van der Waals surface area contributed by atoms with Crippen molar-refractivity contribution < 1.29 is 23.1 Å². The van der Waals surface area contributed by atoms with Crippen LogP contribution in [0.25, 0.3) is 17.2 Å². The predicted octanol–water partition coefficient (Wildman–Crippen LogP) is 6.37. The monoisotopic (exact) mass is 544 g/mol. The van der Waals surface area contributed by atoms with E-state index in [1.165, 1.54) is 69.3 Å². The lowest BCUT2D eigenvalue weighted by Gasteiger charge is -2.26. The fourth-order valence-electron chi connectivity index (χ4n) is 5.32. The largest absolute Gasteiger partial charge is 0.465 e. The van der Waals surface area contributed by atoms with Crippen LogP contribution in [-0.4, -0.2) is 37.0 Å². The number of hydrogen-bond donors (Lipinski definition) is 1. The molecule has 1 amide bonds. The lowest BCUT2D eigenvalue weighted by molar-refractivity contribution is -0.122. The third-order valence-corrected chi connectivity index (χ3v) is 7.77. The highest BCUT2D eigenvalue weighted by molar-refractivity contribution is 5.97. The number of piperidine rings is 1. The number of ether oxygens (including phenoxy) is 1. The fourth-order valence-corrected chi connectivity index (χ4v) is 5.32. The van der Waals surface area contributed by atoms with E-state index >= 15 is 0 Å². The molecule has 5 rings (SSSR count). The van der Waals surface area contributed by atoms with Crippen molar-refractivity contribution in [3.8, 4) is 11.1 Å². The van der Waals surface area contributed by atoms with Gasteiger partial charge in [0, 0.05) is 24.6 Å². The van der Waals surface area contributed by atoms with Crippen LogP contribution in [0.5, 0.6) is 0 Å². The second kappa shape index (κ2) is 12.6. The van der Waals surface area contributed by atoms with Crippen LogP contribution in [0.2, 0.25) is 0 Å². The first-order chi connectivity index (χ1) is 19.4. The summed E-state index contributed by atoms with van der Waals surface area (Å²) < 4.78 is 33.8. The predicted molar refractivity (Wildman–Crippen MR) is 151 cm³/mol. The highest BCUT2D eigenvalue weighted by Gasteiger charge is 2.40. The minimum atomic E-state index is -0.831. The van der Waals surface area contributed by atoms with Gasteiger partial charge in [-0.15, -0.1) is 0 Å². The molecule has 1 aliphatic carbocycles. The number of benzene rings is 3. The quantitative estimate of drug-likeness (QED) is 0.318. The number of allylic oxidation sites excluding steroid dienone is 1. The van der Waals surface area contributed by atoms with Crippen LogP contribution < -0.4 is 5.32 Å². The fraction of sp³-hybridized carbons (Fsp3) is 0.333. The topological polar surface area (TPSA) is 58.6 Å². The Morgan fingerprint density at radius 1 is 1.00 bits per heavy atom. The van der Waals surface area contributed by atoms with Crippen LogP contribution in [0.3, 0.4) is 0 Å². The van der Waals surface area contributed by atoms with Gasteiger partial charge < -0.3 is 10.1 Å². The Labute approximate surface area is 233 Å². The van der Waals surface area contributed by atoms with Crippen LogP contribution in [0.15, 0.2) is 66.7 Å². The molecule has 1 aliphatic heterocycles. The maximum Gasteiger partial charge on any atom is 0.341 e. The van der Waals surface area contributed by atoms with Gasteiger partial charge in [0.15, 0.2) is 0 Å². The van der Waals surface area contributed by atoms with Crippen LogP contribution in [0.1, 0.15) is 52.7 Å². The Morgan fingerprint density at radius 2 is 1.77 bits per heavy atom. The van der Waals surface area contributed by atoms with Gasteiger partial charge >= 0.3 is 5.97 Å². The number of rotatable bonds is 9. The summed E-state index contributed by atoms with van der Waals surface area (Å²) in [6.07, 6.45) is 8.82. The first-order valence-corrected chi connectivity index (χ1v) is 13.9. The van der Waals surface area contributed by atoms with Gasteiger partial charge in [0.2, 0.25) is 5.91 Å². The van der Waals surface area contributed by atoms with Gasteiger partial charge in [0.1, 0.15) is 17.2 Å². The number of halogens is 2. The molecular weight excluding hydrogens is 510 g/mol. The Kier molecular flexibility index (Phi) is 8.70. The smallest absolute Gasteiger partial charge is 0.341 e. The van der Waals surface area contributed by atoms with Gasteiger partial charge in [-0.25, -0.2) is 13.6 Å². The summed E-state index contributed by atoms with van der Waals surface area (Å²) in [5, 5.41) is 2.83. The number of esters is 1. The summed E-state index contributed by atoms with van der Waals surface area (Å²) in [5.41, 5.74) is 3.09. The standard InChI is InChI=1S/C33H34F2N2O3/c1-40-33(39)31-27(6-5-7-29(31)34)25-14-15-26(30(35)19-25)20-36-32(38)28-18-24(28)13-12-22-8-10-23(11-9-22)21-37-16-3-2-4-17-37/h5-15,19,24,28H,2-4,16-18,20-21H2,1H3,(H,36,38)/b13-12-. The summed E-state index contributed by atoms with van der Waals surface area (Å²) in [4.78, 5) is 27.2. The number of nitrogens with one attached hydrogen (secondary N) is 1. The molecule has 1 saturated carbocycles. The zero-order valence-electron chi connectivity index (χ0n) is 22.7. The molecule has 0 bridgehead atoms. The maximum atomic E-state index is 14.9. The number of methoxy groups -OCH3 is 1. The van der Waals surface area contributed by atoms with Crippen molar-refractivity contribution in [2.24, 2.45) is 11.8 Å². The number of likely N-dealkylation sites (tertiary alicyclic amines) is 1. The molecule has 0 radical (unpaired) electrons. The van der Waals surface area contributed by atoms with E-state index in [0.29, 0.717) is 11.1 Å². The third kappa shape index (κ3) is 6.65. The second-order valence-electron chi connectivity index (χ2n) is 10.6. The van der Waals surface area contributed by atoms with Crippen LogP contribution in [0, 0.1) is 23.5 Å². The van der Waals surface area contributed by atoms with Gasteiger partial charge in [0.25, 0.3) is 0 Å². The molecule has 2 unspecified atom stereocenters. The minimum absolute atomic E-state index is 0.0450. The van der Waals surface area contributed by atoms with Gasteiger partial charge in [-0.1, -0.05) is 67.1 Å². The average Bonchev–Trinajstić information content (AvgIpc) is 3.76. The molecule has 0 spiro atoms. The molecule has 0 aromatic heterocycles. The van der Waals surface area contributed by atoms with Crippen LogP contribution >= 0.6 is 0 Å². The normalized spacial score (nSPS) is 19.0. The Hall–Kier alpha value is -3.84. The first kappa shape index (κ1) is 27.7. The Balaban J connectivity index is 1.13. The number of hydrogen-bond acceptors (Lipinski definition) is 4. The van der Waals surface area contributed by atoms with Crippen molar-refractivity contribution in [1.82, 2.24) is 10.2 Å². The Morgan fingerprint density at radius 3 is 2.50 bits per heavy atom. The van der Waals surface area contributed by atoms with E-state index < -0.39 is 17.6 Å². The van der Waals surface area contributed by atoms with E-state index in [9.17, 15) is 18.4 Å². The van der Waals surface area contributed by atoms with Crippen molar-refractivity contribution in [1.29, 1.82) is 0 Å². The molecule has 5 nitrogen and oxygen atoms in total.